The van der Waals surface area contributed by atoms with Crippen LogP contribution in [0.1, 0.15) is 40.0 Å². The molecular formula is C26H28FN3O2. The van der Waals surface area contributed by atoms with Crippen LogP contribution < -0.4 is 10.6 Å². The number of hydrogen-bond donors (Lipinski definition) is 2. The van der Waals surface area contributed by atoms with Crippen molar-refractivity contribution in [2.75, 3.05) is 20.6 Å². The van der Waals surface area contributed by atoms with Gasteiger partial charge in [0.15, 0.2) is 0 Å². The second-order valence-corrected chi connectivity index (χ2v) is 7.85. The fourth-order valence-corrected chi connectivity index (χ4v) is 3.55. The molecule has 2 N–H and O–H groups in total. The van der Waals surface area contributed by atoms with Gasteiger partial charge in [-0.1, -0.05) is 60.7 Å². The standard InChI is InChI=1S/C26H28FN3O2/c1-30(2)24(21-14-9-15-22(27)16-21)18-28-25(31)17-23(19-10-5-3-6-11-19)29-26(32)20-12-7-4-8-13-20/h3-16,23-24H,17-18H2,1-2H3,(H,28,31)(H,29,32). The maximum absolute atomic E-state index is 13.7. The van der Waals surface area contributed by atoms with E-state index in [2.05, 4.69) is 10.6 Å². The van der Waals surface area contributed by atoms with Crippen LogP contribution in [0.3, 0.4) is 0 Å². The Hall–Kier alpha value is -3.51. The maximum atomic E-state index is 13.7. The van der Waals surface area contributed by atoms with Crippen LogP contribution in [0.2, 0.25) is 0 Å². The second kappa shape index (κ2) is 11.2. The van der Waals surface area contributed by atoms with Gasteiger partial charge < -0.3 is 15.5 Å². The molecule has 0 saturated carbocycles. The SMILES string of the molecule is CN(C)C(CNC(=O)CC(NC(=O)c1ccccc1)c1ccccc1)c1cccc(F)c1. The predicted octanol–water partition coefficient (Wildman–Crippen LogP) is 4.11. The number of hydrogen-bond acceptors (Lipinski definition) is 3. The Labute approximate surface area is 188 Å². The number of nitrogens with one attached hydrogen (secondary N) is 2. The summed E-state index contributed by atoms with van der Waals surface area (Å²) in [4.78, 5) is 27.4. The summed E-state index contributed by atoms with van der Waals surface area (Å²) >= 11 is 0. The van der Waals surface area contributed by atoms with Crippen molar-refractivity contribution < 1.29 is 14.0 Å². The van der Waals surface area contributed by atoms with Gasteiger partial charge >= 0.3 is 0 Å². The molecule has 0 aliphatic heterocycles. The Balaban J connectivity index is 1.68. The molecule has 32 heavy (non-hydrogen) atoms. The van der Waals surface area contributed by atoms with Crippen molar-refractivity contribution >= 4 is 11.8 Å². The lowest BCUT2D eigenvalue weighted by molar-refractivity contribution is -0.121. The Morgan fingerprint density at radius 3 is 2.12 bits per heavy atom. The summed E-state index contributed by atoms with van der Waals surface area (Å²) in [6.07, 6.45) is 0.0892. The van der Waals surface area contributed by atoms with Gasteiger partial charge in [0, 0.05) is 12.1 Å². The van der Waals surface area contributed by atoms with Crippen LogP contribution in [0, 0.1) is 5.82 Å². The third kappa shape index (κ3) is 6.49. The van der Waals surface area contributed by atoms with Crippen molar-refractivity contribution in [2.45, 2.75) is 18.5 Å². The lowest BCUT2D eigenvalue weighted by atomic mass is 10.0. The van der Waals surface area contributed by atoms with E-state index in [0.29, 0.717) is 12.1 Å². The first-order valence-corrected chi connectivity index (χ1v) is 10.5. The first-order chi connectivity index (χ1) is 15.4. The lowest BCUT2D eigenvalue weighted by Gasteiger charge is -2.26. The summed E-state index contributed by atoms with van der Waals surface area (Å²) in [7, 11) is 3.77. The van der Waals surface area contributed by atoms with Gasteiger partial charge in [-0.25, -0.2) is 4.39 Å². The Kier molecular flexibility index (Phi) is 8.11. The third-order valence-corrected chi connectivity index (χ3v) is 5.28. The van der Waals surface area contributed by atoms with Crippen LogP contribution in [-0.2, 0) is 4.79 Å². The van der Waals surface area contributed by atoms with E-state index < -0.39 is 6.04 Å². The van der Waals surface area contributed by atoms with Crippen LogP contribution in [0.25, 0.3) is 0 Å². The molecule has 0 spiro atoms. The number of likely N-dealkylation sites (N-methyl/N-ethyl adjacent to an activating group) is 1. The van der Waals surface area contributed by atoms with Gasteiger partial charge in [0.05, 0.1) is 18.5 Å². The van der Waals surface area contributed by atoms with Gasteiger partial charge in [-0.05, 0) is 49.5 Å². The molecule has 2 unspecified atom stereocenters. The fraction of sp³-hybridized carbons (Fsp3) is 0.231. The van der Waals surface area contributed by atoms with E-state index in [1.165, 1.54) is 12.1 Å². The third-order valence-electron chi connectivity index (χ3n) is 5.28. The molecule has 6 heteroatoms. The molecule has 0 bridgehead atoms. The molecule has 5 nitrogen and oxygen atoms in total. The smallest absolute Gasteiger partial charge is 0.251 e. The highest BCUT2D eigenvalue weighted by atomic mass is 19.1. The minimum absolute atomic E-state index is 0.0892. The average Bonchev–Trinajstić information content (AvgIpc) is 2.79. The molecule has 166 valence electrons. The summed E-state index contributed by atoms with van der Waals surface area (Å²) in [5.74, 6) is -0.748. The summed E-state index contributed by atoms with van der Waals surface area (Å²) in [6, 6.07) is 24.0. The summed E-state index contributed by atoms with van der Waals surface area (Å²) in [6.45, 7) is 0.323. The highest BCUT2D eigenvalue weighted by molar-refractivity contribution is 5.94. The maximum Gasteiger partial charge on any atom is 0.251 e. The van der Waals surface area contributed by atoms with E-state index >= 15 is 0 Å². The zero-order valence-corrected chi connectivity index (χ0v) is 18.3. The van der Waals surface area contributed by atoms with Gasteiger partial charge in [-0.3, -0.25) is 9.59 Å². The van der Waals surface area contributed by atoms with Crippen molar-refractivity contribution in [1.29, 1.82) is 0 Å². The molecule has 3 aromatic rings. The minimum atomic E-state index is -0.476. The van der Waals surface area contributed by atoms with E-state index in [9.17, 15) is 14.0 Å². The zero-order valence-electron chi connectivity index (χ0n) is 18.3. The van der Waals surface area contributed by atoms with Gasteiger partial charge in [0.2, 0.25) is 5.91 Å². The van der Waals surface area contributed by atoms with E-state index in [1.54, 1.807) is 30.3 Å². The van der Waals surface area contributed by atoms with Gasteiger partial charge in [-0.15, -0.1) is 0 Å². The number of benzene rings is 3. The van der Waals surface area contributed by atoms with Gasteiger partial charge in [0.25, 0.3) is 5.91 Å². The van der Waals surface area contributed by atoms with Crippen LogP contribution in [-0.4, -0.2) is 37.4 Å². The molecule has 0 aliphatic rings. The number of carbonyl (C=O) groups excluding carboxylic acids is 2. The number of carbonyl (C=O) groups is 2. The first kappa shape index (κ1) is 23.2. The average molecular weight is 434 g/mol. The molecule has 3 rings (SSSR count). The monoisotopic (exact) mass is 433 g/mol. The van der Waals surface area contributed by atoms with Crippen molar-refractivity contribution in [3.05, 3.63) is 107 Å². The Bertz CT molecular complexity index is 1030. The molecule has 0 heterocycles. The molecule has 0 aliphatic carbocycles. The highest BCUT2D eigenvalue weighted by Gasteiger charge is 2.21. The van der Waals surface area contributed by atoms with Crippen molar-refractivity contribution in [1.82, 2.24) is 15.5 Å². The van der Waals surface area contributed by atoms with Gasteiger partial charge in [-0.2, -0.15) is 0 Å². The largest absolute Gasteiger partial charge is 0.354 e. The first-order valence-electron chi connectivity index (χ1n) is 10.5. The van der Waals surface area contributed by atoms with Crippen LogP contribution >= 0.6 is 0 Å². The molecule has 0 aromatic heterocycles. The van der Waals surface area contributed by atoms with Crippen LogP contribution in [0.4, 0.5) is 4.39 Å². The summed E-state index contributed by atoms with van der Waals surface area (Å²) in [5.41, 5.74) is 2.17. The molecule has 3 aromatic carbocycles. The fourth-order valence-electron chi connectivity index (χ4n) is 3.55. The van der Waals surface area contributed by atoms with Crippen molar-refractivity contribution in [2.24, 2.45) is 0 Å². The van der Waals surface area contributed by atoms with Crippen molar-refractivity contribution in [3.63, 3.8) is 0 Å². The highest BCUT2D eigenvalue weighted by Crippen LogP contribution is 2.20. The molecule has 0 saturated heterocycles. The quantitative estimate of drug-likeness (QED) is 0.534. The molecule has 2 amide bonds. The topological polar surface area (TPSA) is 61.4 Å². The number of nitrogens with zero attached hydrogens (tertiary/aromatic N) is 1. The van der Waals surface area contributed by atoms with E-state index in [-0.39, 0.29) is 30.1 Å². The van der Waals surface area contributed by atoms with E-state index in [0.717, 1.165) is 11.1 Å². The summed E-state index contributed by atoms with van der Waals surface area (Å²) < 4.78 is 13.7. The lowest BCUT2D eigenvalue weighted by Crippen LogP contribution is -2.37. The zero-order chi connectivity index (χ0) is 22.9. The van der Waals surface area contributed by atoms with Crippen LogP contribution in [0.5, 0.6) is 0 Å². The number of amides is 2. The molecule has 0 radical (unpaired) electrons. The number of rotatable bonds is 9. The Morgan fingerprint density at radius 2 is 1.50 bits per heavy atom. The van der Waals surface area contributed by atoms with Gasteiger partial charge in [0.1, 0.15) is 5.82 Å². The van der Waals surface area contributed by atoms with Crippen LogP contribution in [0.15, 0.2) is 84.9 Å². The normalized spacial score (nSPS) is 12.8. The van der Waals surface area contributed by atoms with E-state index in [1.807, 2.05) is 61.5 Å². The minimum Gasteiger partial charge on any atom is -0.354 e. The predicted molar refractivity (Wildman–Crippen MR) is 124 cm³/mol. The molecule has 0 fully saturated rings. The summed E-state index contributed by atoms with van der Waals surface area (Å²) in [5, 5.41) is 5.91. The Morgan fingerprint density at radius 1 is 0.875 bits per heavy atom. The number of halogens is 1. The van der Waals surface area contributed by atoms with Crippen molar-refractivity contribution in [3.8, 4) is 0 Å². The second-order valence-electron chi connectivity index (χ2n) is 7.85. The molecule has 2 atom stereocenters. The van der Waals surface area contributed by atoms with E-state index in [4.69, 9.17) is 0 Å². The molecular weight excluding hydrogens is 405 g/mol.